The second-order valence-electron chi connectivity index (χ2n) is 5.56. The predicted octanol–water partition coefficient (Wildman–Crippen LogP) is 4.55. The van der Waals surface area contributed by atoms with Crippen LogP contribution in [0.4, 0.5) is 5.69 Å². The number of benzene rings is 1. The normalized spacial score (nSPS) is 10.6. The Morgan fingerprint density at radius 1 is 1.11 bits per heavy atom. The molecule has 1 aromatic carbocycles. The molecule has 4 aromatic rings. The van der Waals surface area contributed by atoms with Crippen molar-refractivity contribution in [3.8, 4) is 22.5 Å². The molecule has 0 unspecified atom stereocenters. The molecule has 7 nitrogen and oxygen atoms in total. The second-order valence-corrected chi connectivity index (χ2v) is 6.42. The molecule has 0 saturated heterocycles. The van der Waals surface area contributed by atoms with Gasteiger partial charge in [-0.2, -0.15) is 0 Å². The standard InChI is InChI=1S/C19H14N4O3S/c1-12-3-8-16(25-12)18-23-15(11-27-18)17(24)22-13-4-6-14(7-5-13)26-19-20-9-2-10-21-19/h2-11H,1H3,(H,22,24). The minimum absolute atomic E-state index is 0.262. The Labute approximate surface area is 158 Å². The van der Waals surface area contributed by atoms with Crippen LogP contribution in [0.3, 0.4) is 0 Å². The lowest BCUT2D eigenvalue weighted by Gasteiger charge is -2.06. The van der Waals surface area contributed by atoms with E-state index in [4.69, 9.17) is 9.15 Å². The summed E-state index contributed by atoms with van der Waals surface area (Å²) < 4.78 is 11.1. The average molecular weight is 378 g/mol. The third-order valence-corrected chi connectivity index (χ3v) is 4.41. The van der Waals surface area contributed by atoms with Crippen LogP contribution in [0.1, 0.15) is 16.2 Å². The Balaban J connectivity index is 1.41. The zero-order valence-electron chi connectivity index (χ0n) is 14.2. The Morgan fingerprint density at radius 3 is 2.59 bits per heavy atom. The van der Waals surface area contributed by atoms with E-state index in [1.807, 2.05) is 19.1 Å². The van der Waals surface area contributed by atoms with E-state index in [-0.39, 0.29) is 11.9 Å². The lowest BCUT2D eigenvalue weighted by molar-refractivity contribution is 0.102. The summed E-state index contributed by atoms with van der Waals surface area (Å²) in [4.78, 5) is 24.7. The van der Waals surface area contributed by atoms with E-state index in [1.54, 1.807) is 48.1 Å². The van der Waals surface area contributed by atoms with Crippen molar-refractivity contribution in [3.05, 3.63) is 71.7 Å². The molecule has 0 aliphatic carbocycles. The number of amides is 1. The fraction of sp³-hybridized carbons (Fsp3) is 0.0526. The van der Waals surface area contributed by atoms with Gasteiger partial charge in [-0.15, -0.1) is 11.3 Å². The van der Waals surface area contributed by atoms with Crippen molar-refractivity contribution in [1.82, 2.24) is 15.0 Å². The third-order valence-electron chi connectivity index (χ3n) is 3.55. The molecule has 1 amide bonds. The molecule has 0 spiro atoms. The van der Waals surface area contributed by atoms with Crippen molar-refractivity contribution in [3.63, 3.8) is 0 Å². The summed E-state index contributed by atoms with van der Waals surface area (Å²) >= 11 is 1.36. The number of carbonyl (C=O) groups is 1. The van der Waals surface area contributed by atoms with Gasteiger partial charge in [-0.25, -0.2) is 15.0 Å². The first kappa shape index (κ1) is 16.9. The maximum absolute atomic E-state index is 12.4. The van der Waals surface area contributed by atoms with Gasteiger partial charge >= 0.3 is 6.01 Å². The van der Waals surface area contributed by atoms with Crippen LogP contribution in [0.15, 0.2) is 64.7 Å². The van der Waals surface area contributed by atoms with Crippen molar-refractivity contribution in [1.29, 1.82) is 0 Å². The van der Waals surface area contributed by atoms with Crippen LogP contribution in [-0.4, -0.2) is 20.9 Å². The highest BCUT2D eigenvalue weighted by molar-refractivity contribution is 7.13. The summed E-state index contributed by atoms with van der Waals surface area (Å²) in [5, 5.41) is 5.17. The number of furan rings is 1. The fourth-order valence-electron chi connectivity index (χ4n) is 2.29. The number of anilines is 1. The number of carbonyl (C=O) groups excluding carboxylic acids is 1. The van der Waals surface area contributed by atoms with Gasteiger partial charge in [0.2, 0.25) is 0 Å². The van der Waals surface area contributed by atoms with Gasteiger partial charge in [0.15, 0.2) is 10.8 Å². The summed E-state index contributed by atoms with van der Waals surface area (Å²) in [6.45, 7) is 1.86. The highest BCUT2D eigenvalue weighted by Gasteiger charge is 2.14. The highest BCUT2D eigenvalue weighted by atomic mass is 32.1. The number of nitrogens with zero attached hydrogens (tertiary/aromatic N) is 3. The first-order valence-electron chi connectivity index (χ1n) is 8.06. The number of aromatic nitrogens is 3. The van der Waals surface area contributed by atoms with Crippen LogP contribution < -0.4 is 10.1 Å². The summed E-state index contributed by atoms with van der Waals surface area (Å²) in [6.07, 6.45) is 3.20. The molecule has 4 rings (SSSR count). The maximum Gasteiger partial charge on any atom is 0.321 e. The summed E-state index contributed by atoms with van der Waals surface area (Å²) in [5.41, 5.74) is 0.965. The molecule has 8 heteroatoms. The van der Waals surface area contributed by atoms with Crippen molar-refractivity contribution in [2.24, 2.45) is 0 Å². The number of thiazole rings is 1. The Hall–Kier alpha value is -3.52. The van der Waals surface area contributed by atoms with Gasteiger partial charge < -0.3 is 14.5 Å². The third kappa shape index (κ3) is 4.01. The van der Waals surface area contributed by atoms with Gasteiger partial charge in [0.25, 0.3) is 5.91 Å². The largest absolute Gasteiger partial charge is 0.459 e. The minimum Gasteiger partial charge on any atom is -0.459 e. The van der Waals surface area contributed by atoms with Gasteiger partial charge in [0, 0.05) is 23.5 Å². The Kier molecular flexibility index (Phi) is 4.63. The number of hydrogen-bond donors (Lipinski definition) is 1. The predicted molar refractivity (Wildman–Crippen MR) is 101 cm³/mol. The van der Waals surface area contributed by atoms with Gasteiger partial charge in [-0.05, 0) is 49.4 Å². The molecule has 0 radical (unpaired) electrons. The fourth-order valence-corrected chi connectivity index (χ4v) is 3.05. The molecule has 1 N–H and O–H groups in total. The van der Waals surface area contributed by atoms with Gasteiger partial charge in [-0.3, -0.25) is 4.79 Å². The second kappa shape index (κ2) is 7.38. The number of aryl methyl sites for hydroxylation is 1. The average Bonchev–Trinajstić information content (AvgIpc) is 3.33. The molecule has 27 heavy (non-hydrogen) atoms. The topological polar surface area (TPSA) is 90.1 Å². The molecule has 0 aliphatic rings. The minimum atomic E-state index is -0.291. The van der Waals surface area contributed by atoms with Crippen LogP contribution in [0.5, 0.6) is 11.8 Å². The molecule has 3 aromatic heterocycles. The van der Waals surface area contributed by atoms with Crippen molar-refractivity contribution in [2.45, 2.75) is 6.92 Å². The number of hydrogen-bond acceptors (Lipinski definition) is 7. The van der Waals surface area contributed by atoms with Crippen molar-refractivity contribution >= 4 is 22.9 Å². The zero-order chi connectivity index (χ0) is 18.6. The Morgan fingerprint density at radius 2 is 1.89 bits per heavy atom. The van der Waals surface area contributed by atoms with E-state index in [1.165, 1.54) is 11.3 Å². The number of rotatable bonds is 5. The van der Waals surface area contributed by atoms with Crippen LogP contribution in [0, 0.1) is 6.92 Å². The molecule has 0 atom stereocenters. The van der Waals surface area contributed by atoms with Gasteiger partial charge in [-0.1, -0.05) is 0 Å². The number of nitrogens with one attached hydrogen (secondary N) is 1. The molecule has 0 aliphatic heterocycles. The molecule has 0 fully saturated rings. The smallest absolute Gasteiger partial charge is 0.321 e. The monoisotopic (exact) mass is 378 g/mol. The quantitative estimate of drug-likeness (QED) is 0.548. The van der Waals surface area contributed by atoms with E-state index in [9.17, 15) is 4.79 Å². The van der Waals surface area contributed by atoms with Crippen LogP contribution in [0.2, 0.25) is 0 Å². The van der Waals surface area contributed by atoms with E-state index >= 15 is 0 Å². The van der Waals surface area contributed by atoms with Crippen molar-refractivity contribution in [2.75, 3.05) is 5.32 Å². The van der Waals surface area contributed by atoms with E-state index in [0.29, 0.717) is 27.9 Å². The molecular formula is C19H14N4O3S. The summed E-state index contributed by atoms with van der Waals surface area (Å²) in [5.74, 6) is 1.74. The molecule has 134 valence electrons. The van der Waals surface area contributed by atoms with Crippen molar-refractivity contribution < 1.29 is 13.9 Å². The lowest BCUT2D eigenvalue weighted by atomic mass is 10.3. The summed E-state index contributed by atoms with van der Waals surface area (Å²) in [6, 6.07) is 12.6. The van der Waals surface area contributed by atoms with Gasteiger partial charge in [0.1, 0.15) is 17.2 Å². The van der Waals surface area contributed by atoms with Crippen LogP contribution in [0.25, 0.3) is 10.8 Å². The first-order valence-corrected chi connectivity index (χ1v) is 8.94. The maximum atomic E-state index is 12.4. The molecule has 3 heterocycles. The Bertz CT molecular complexity index is 1060. The first-order chi connectivity index (χ1) is 13.2. The summed E-state index contributed by atoms with van der Waals surface area (Å²) in [7, 11) is 0. The van der Waals surface area contributed by atoms with Crippen LogP contribution in [-0.2, 0) is 0 Å². The molecule has 0 bridgehead atoms. The molecule has 0 saturated carbocycles. The zero-order valence-corrected chi connectivity index (χ0v) is 15.1. The number of ether oxygens (including phenoxy) is 1. The van der Waals surface area contributed by atoms with E-state index < -0.39 is 0 Å². The SMILES string of the molecule is Cc1ccc(-c2nc(C(=O)Nc3ccc(Oc4ncccn4)cc3)cs2)o1. The van der Waals surface area contributed by atoms with Crippen LogP contribution >= 0.6 is 11.3 Å². The van der Waals surface area contributed by atoms with Gasteiger partial charge in [0.05, 0.1) is 0 Å². The highest BCUT2D eigenvalue weighted by Crippen LogP contribution is 2.26. The van der Waals surface area contributed by atoms with E-state index in [0.717, 1.165) is 5.76 Å². The lowest BCUT2D eigenvalue weighted by Crippen LogP contribution is -2.12. The van der Waals surface area contributed by atoms with E-state index in [2.05, 4.69) is 20.3 Å². The molecular weight excluding hydrogens is 364 g/mol.